The smallest absolute Gasteiger partial charge is 0.325 e. The van der Waals surface area contributed by atoms with Crippen molar-refractivity contribution in [1.82, 2.24) is 15.0 Å². The summed E-state index contributed by atoms with van der Waals surface area (Å²) in [7, 11) is -2.99. The van der Waals surface area contributed by atoms with Crippen LogP contribution in [0.25, 0.3) is 10.2 Å². The van der Waals surface area contributed by atoms with Crippen LogP contribution >= 0.6 is 11.3 Å². The van der Waals surface area contributed by atoms with Gasteiger partial charge in [0.05, 0.1) is 21.4 Å². The SMILES string of the molecule is CN(C(=O)[C@H](Cc1cc(F)cc(F)c1)NC(=O)NS(=O)(=O)N1CCc2cc(F)ccc21)c1ccc2scnc2c1. The Morgan fingerprint density at radius 2 is 1.80 bits per heavy atom. The van der Waals surface area contributed by atoms with Crippen LogP contribution < -0.4 is 19.2 Å². The molecule has 0 spiro atoms. The number of nitrogens with one attached hydrogen (secondary N) is 2. The number of anilines is 2. The number of hydrogen-bond donors (Lipinski definition) is 2. The topological polar surface area (TPSA) is 112 Å². The van der Waals surface area contributed by atoms with Crippen LogP contribution in [-0.2, 0) is 27.8 Å². The molecular formula is C26H22F3N5O4S2. The first-order chi connectivity index (χ1) is 19.0. The maximum absolute atomic E-state index is 13.9. The molecule has 1 aliphatic rings. The van der Waals surface area contributed by atoms with Gasteiger partial charge >= 0.3 is 16.2 Å². The first-order valence-electron chi connectivity index (χ1n) is 12.0. The van der Waals surface area contributed by atoms with Gasteiger partial charge in [-0.1, -0.05) is 0 Å². The van der Waals surface area contributed by atoms with Gasteiger partial charge in [0.25, 0.3) is 0 Å². The van der Waals surface area contributed by atoms with Crippen LogP contribution in [-0.4, -0.2) is 45.0 Å². The van der Waals surface area contributed by atoms with E-state index in [1.807, 2.05) is 4.72 Å². The Hall–Kier alpha value is -4.17. The lowest BCUT2D eigenvalue weighted by atomic mass is 10.0. The van der Waals surface area contributed by atoms with Crippen molar-refractivity contribution in [2.45, 2.75) is 18.9 Å². The summed E-state index contributed by atoms with van der Waals surface area (Å²) >= 11 is 1.42. The highest BCUT2D eigenvalue weighted by Crippen LogP contribution is 2.30. The number of rotatable bonds is 7. The number of likely N-dealkylation sites (N-methyl/N-ethyl adjacent to an activating group) is 1. The first kappa shape index (κ1) is 27.4. The first-order valence-corrected chi connectivity index (χ1v) is 14.3. The second-order valence-corrected chi connectivity index (χ2v) is 11.6. The Bertz CT molecular complexity index is 1710. The van der Waals surface area contributed by atoms with Gasteiger partial charge in [-0.2, -0.15) is 8.42 Å². The highest BCUT2D eigenvalue weighted by Gasteiger charge is 2.33. The Labute approximate surface area is 231 Å². The lowest BCUT2D eigenvalue weighted by molar-refractivity contribution is -0.120. The molecule has 5 rings (SSSR count). The van der Waals surface area contributed by atoms with E-state index in [1.165, 1.54) is 35.4 Å². The molecule has 0 unspecified atom stereocenters. The fraction of sp³-hybridized carbons (Fsp3) is 0.192. The van der Waals surface area contributed by atoms with Crippen LogP contribution in [0.4, 0.5) is 29.3 Å². The molecule has 14 heteroatoms. The van der Waals surface area contributed by atoms with Gasteiger partial charge in [0.2, 0.25) is 5.91 Å². The number of nitrogens with zero attached hydrogens (tertiary/aromatic N) is 3. The standard InChI is InChI=1S/C26H22F3N5O4S2/c1-33(20-3-5-24-21(13-20)30-14-39-24)25(35)22(10-15-8-18(28)12-19(29)9-15)31-26(36)32-40(37,38)34-7-6-16-11-17(27)2-4-23(16)34/h2-5,8-9,11-14,22H,6-7,10H2,1H3,(H2,31,32,36)/t22-/m0/s1. The fourth-order valence-corrected chi connectivity index (χ4v) is 6.36. The van der Waals surface area contributed by atoms with E-state index in [0.717, 1.165) is 27.2 Å². The van der Waals surface area contributed by atoms with Crippen molar-refractivity contribution in [2.75, 3.05) is 22.8 Å². The molecule has 0 saturated carbocycles. The van der Waals surface area contributed by atoms with Gasteiger partial charge in [-0.15, -0.1) is 11.3 Å². The minimum absolute atomic E-state index is 0.0197. The summed E-state index contributed by atoms with van der Waals surface area (Å²) in [6.45, 7) is -0.0197. The molecule has 9 nitrogen and oxygen atoms in total. The number of urea groups is 1. The van der Waals surface area contributed by atoms with Gasteiger partial charge in [-0.25, -0.2) is 27.7 Å². The van der Waals surface area contributed by atoms with E-state index in [-0.39, 0.29) is 30.6 Å². The number of halogens is 3. The minimum Gasteiger partial charge on any atom is -0.325 e. The molecule has 0 radical (unpaired) electrons. The average Bonchev–Trinajstić information content (AvgIpc) is 3.53. The summed E-state index contributed by atoms with van der Waals surface area (Å²) in [6.07, 6.45) is -0.0912. The summed E-state index contributed by atoms with van der Waals surface area (Å²) in [5.41, 5.74) is 3.49. The molecule has 1 aromatic heterocycles. The number of carbonyl (C=O) groups excluding carboxylic acids is 2. The van der Waals surface area contributed by atoms with E-state index < -0.39 is 45.6 Å². The van der Waals surface area contributed by atoms with Crippen molar-refractivity contribution < 1.29 is 31.2 Å². The maximum Gasteiger partial charge on any atom is 0.330 e. The zero-order valence-electron chi connectivity index (χ0n) is 20.9. The van der Waals surface area contributed by atoms with Crippen LogP contribution in [0.5, 0.6) is 0 Å². The average molecular weight is 590 g/mol. The van der Waals surface area contributed by atoms with E-state index in [2.05, 4.69) is 10.3 Å². The zero-order chi connectivity index (χ0) is 28.6. The number of benzene rings is 3. The molecule has 1 atom stereocenters. The Kier molecular flexibility index (Phi) is 7.38. The van der Waals surface area contributed by atoms with Crippen molar-refractivity contribution in [1.29, 1.82) is 0 Å². The second-order valence-electron chi connectivity index (χ2n) is 9.11. The number of carbonyl (C=O) groups is 2. The number of hydrogen-bond acceptors (Lipinski definition) is 6. The Morgan fingerprint density at radius 1 is 1.05 bits per heavy atom. The third kappa shape index (κ3) is 5.72. The molecule has 208 valence electrons. The summed E-state index contributed by atoms with van der Waals surface area (Å²) in [5, 5.41) is 2.33. The number of amides is 3. The Balaban J connectivity index is 1.38. The number of aromatic nitrogens is 1. The highest BCUT2D eigenvalue weighted by atomic mass is 32.2. The minimum atomic E-state index is -4.44. The molecule has 2 N–H and O–H groups in total. The van der Waals surface area contributed by atoms with Gasteiger partial charge in [-0.3, -0.25) is 9.10 Å². The van der Waals surface area contributed by atoms with E-state index in [9.17, 15) is 31.2 Å². The largest absolute Gasteiger partial charge is 0.330 e. The lowest BCUT2D eigenvalue weighted by Crippen LogP contribution is -2.54. The lowest BCUT2D eigenvalue weighted by Gasteiger charge is -2.26. The molecule has 0 saturated heterocycles. The molecule has 40 heavy (non-hydrogen) atoms. The third-order valence-corrected chi connectivity index (χ3v) is 8.62. The third-order valence-electron chi connectivity index (χ3n) is 6.40. The van der Waals surface area contributed by atoms with E-state index in [1.54, 1.807) is 23.7 Å². The van der Waals surface area contributed by atoms with Crippen LogP contribution in [0, 0.1) is 17.5 Å². The Morgan fingerprint density at radius 3 is 2.55 bits per heavy atom. The van der Waals surface area contributed by atoms with E-state index in [4.69, 9.17) is 0 Å². The molecule has 0 fully saturated rings. The van der Waals surface area contributed by atoms with Gasteiger partial charge in [-0.05, 0) is 66.1 Å². The van der Waals surface area contributed by atoms with E-state index in [0.29, 0.717) is 22.8 Å². The molecular weight excluding hydrogens is 567 g/mol. The van der Waals surface area contributed by atoms with Crippen LogP contribution in [0.2, 0.25) is 0 Å². The van der Waals surface area contributed by atoms with Gasteiger partial charge < -0.3 is 10.2 Å². The van der Waals surface area contributed by atoms with Gasteiger partial charge in [0, 0.05) is 31.8 Å². The van der Waals surface area contributed by atoms with Gasteiger partial charge in [0.1, 0.15) is 23.5 Å². The molecule has 2 heterocycles. The number of fused-ring (bicyclic) bond motifs is 2. The van der Waals surface area contributed by atoms with Crippen molar-refractivity contribution in [3.05, 3.63) is 88.7 Å². The van der Waals surface area contributed by atoms with Gasteiger partial charge in [0.15, 0.2) is 0 Å². The predicted molar refractivity (Wildman–Crippen MR) is 145 cm³/mol. The molecule has 0 aliphatic carbocycles. The monoisotopic (exact) mass is 589 g/mol. The van der Waals surface area contributed by atoms with Crippen molar-refractivity contribution >= 4 is 55.1 Å². The molecule has 1 aliphatic heterocycles. The highest BCUT2D eigenvalue weighted by molar-refractivity contribution is 7.91. The molecule has 4 aromatic rings. The van der Waals surface area contributed by atoms with Crippen molar-refractivity contribution in [2.24, 2.45) is 0 Å². The fourth-order valence-electron chi connectivity index (χ4n) is 4.53. The maximum atomic E-state index is 13.9. The molecule has 3 aromatic carbocycles. The summed E-state index contributed by atoms with van der Waals surface area (Å²) in [5.74, 6) is -2.94. The summed E-state index contributed by atoms with van der Waals surface area (Å²) < 4.78 is 71.0. The molecule has 0 bridgehead atoms. The second kappa shape index (κ2) is 10.8. The summed E-state index contributed by atoms with van der Waals surface area (Å²) in [6, 6.07) is 8.81. The zero-order valence-corrected chi connectivity index (χ0v) is 22.5. The van der Waals surface area contributed by atoms with Crippen molar-refractivity contribution in [3.63, 3.8) is 0 Å². The van der Waals surface area contributed by atoms with Crippen molar-refractivity contribution in [3.8, 4) is 0 Å². The van der Waals surface area contributed by atoms with Crippen LogP contribution in [0.1, 0.15) is 11.1 Å². The predicted octanol–water partition coefficient (Wildman–Crippen LogP) is 3.89. The van der Waals surface area contributed by atoms with Crippen LogP contribution in [0.15, 0.2) is 60.1 Å². The molecule has 3 amide bonds. The normalized spacial score (nSPS) is 13.7. The number of thiazole rings is 1. The van der Waals surface area contributed by atoms with Crippen LogP contribution in [0.3, 0.4) is 0 Å². The summed E-state index contributed by atoms with van der Waals surface area (Å²) in [4.78, 5) is 31.9. The van der Waals surface area contributed by atoms with E-state index >= 15 is 0 Å². The quantitative estimate of drug-likeness (QED) is 0.340.